The number of hydrogen-bond donors (Lipinski definition) is 3. The molecule has 0 heterocycles. The van der Waals surface area contributed by atoms with Gasteiger partial charge in [0.25, 0.3) is 0 Å². The Morgan fingerprint density at radius 3 is 1.33 bits per heavy atom. The van der Waals surface area contributed by atoms with Gasteiger partial charge in [-0.3, -0.25) is 13.8 Å². The van der Waals surface area contributed by atoms with E-state index in [1.807, 2.05) is 0 Å². The predicted octanol–water partition coefficient (Wildman–Crippen LogP) is 12.3. The van der Waals surface area contributed by atoms with Gasteiger partial charge in [-0.05, 0) is 64.2 Å². The molecule has 0 rings (SSSR count). The lowest BCUT2D eigenvalue weighted by Gasteiger charge is -2.15. The van der Waals surface area contributed by atoms with Crippen molar-refractivity contribution in [1.29, 1.82) is 0 Å². The van der Waals surface area contributed by atoms with Gasteiger partial charge in [0.1, 0.15) is 12.7 Å². The van der Waals surface area contributed by atoms with Crippen LogP contribution in [0.1, 0.15) is 161 Å². The summed E-state index contributed by atoms with van der Waals surface area (Å²) in [4.78, 5) is 21.2. The van der Waals surface area contributed by atoms with Crippen LogP contribution in [0.4, 0.5) is 0 Å². The topological polar surface area (TPSA) is 128 Å². The Balaban J connectivity index is 3.42. The number of phosphoric acid groups is 1. The van der Waals surface area contributed by atoms with Crippen LogP contribution in [0.25, 0.3) is 0 Å². The molecule has 0 aromatic rings. The van der Waals surface area contributed by atoms with Crippen molar-refractivity contribution < 1.29 is 33.1 Å². The van der Waals surface area contributed by atoms with Crippen LogP contribution in [0.15, 0.2) is 85.1 Å². The van der Waals surface area contributed by atoms with Crippen molar-refractivity contribution in [1.82, 2.24) is 0 Å². The van der Waals surface area contributed by atoms with E-state index in [0.717, 1.165) is 64.2 Å². The number of aliphatic hydroxyl groups is 1. The zero-order chi connectivity index (χ0) is 39.5. The summed E-state index contributed by atoms with van der Waals surface area (Å²) >= 11 is 0. The number of unbranched alkanes of at least 4 members (excludes halogenated alkanes) is 15. The highest BCUT2D eigenvalue weighted by Gasteiger charge is 2.22. The van der Waals surface area contributed by atoms with E-state index < -0.39 is 20.5 Å². The first-order chi connectivity index (χ1) is 26.4. The van der Waals surface area contributed by atoms with Gasteiger partial charge in [0.2, 0.25) is 0 Å². The Morgan fingerprint density at radius 1 is 0.556 bits per heavy atom. The summed E-state index contributed by atoms with van der Waals surface area (Å²) in [7, 11) is -4.26. The number of nitrogens with two attached hydrogens (primary N) is 1. The number of rotatable bonds is 39. The summed E-state index contributed by atoms with van der Waals surface area (Å²) in [6.07, 6.45) is 57.7. The first-order valence-electron chi connectivity index (χ1n) is 21.1. The van der Waals surface area contributed by atoms with E-state index in [2.05, 4.69) is 101 Å². The summed E-state index contributed by atoms with van der Waals surface area (Å²) in [5.41, 5.74) is 5.20. The quantitative estimate of drug-likeness (QED) is 0.0244. The van der Waals surface area contributed by atoms with Gasteiger partial charge in [-0.25, -0.2) is 4.57 Å². The Kier molecular flexibility index (Phi) is 40.0. The van der Waals surface area contributed by atoms with Crippen LogP contribution in [-0.2, 0) is 23.1 Å². The number of hydrogen-bond acceptors (Lipinski definition) is 7. The molecule has 0 amide bonds. The molecule has 54 heavy (non-hydrogen) atoms. The molecule has 0 aromatic heterocycles. The van der Waals surface area contributed by atoms with Crippen molar-refractivity contribution in [3.63, 3.8) is 0 Å². The SMILES string of the molecule is CC/C=C\C/C=C\C/C=C\C/C=C\C/C=C\C/C=C\C/C=C\CCCCCCCCCCCCCCCCCC(=O)OCC(O)COP(=O)(O)OCCN. The van der Waals surface area contributed by atoms with E-state index in [0.29, 0.717) is 6.42 Å². The molecule has 9 heteroatoms. The molecule has 2 unspecified atom stereocenters. The molecule has 0 spiro atoms. The second kappa shape index (κ2) is 41.8. The number of ether oxygens (including phenoxy) is 1. The van der Waals surface area contributed by atoms with Crippen molar-refractivity contribution in [2.75, 3.05) is 26.4 Å². The van der Waals surface area contributed by atoms with E-state index in [1.54, 1.807) is 0 Å². The first kappa shape index (κ1) is 51.7. The highest BCUT2D eigenvalue weighted by molar-refractivity contribution is 7.47. The second-order valence-corrected chi connectivity index (χ2v) is 15.1. The van der Waals surface area contributed by atoms with Crippen molar-refractivity contribution in [3.05, 3.63) is 85.1 Å². The third-order valence-corrected chi connectivity index (χ3v) is 9.51. The molecule has 0 aliphatic rings. The van der Waals surface area contributed by atoms with Crippen LogP contribution in [0.2, 0.25) is 0 Å². The molecule has 0 aliphatic carbocycles. The minimum Gasteiger partial charge on any atom is -0.463 e. The molecule has 0 bridgehead atoms. The van der Waals surface area contributed by atoms with E-state index >= 15 is 0 Å². The van der Waals surface area contributed by atoms with E-state index in [9.17, 15) is 19.4 Å². The molecule has 0 radical (unpaired) electrons. The molecule has 8 nitrogen and oxygen atoms in total. The van der Waals surface area contributed by atoms with E-state index in [1.165, 1.54) is 83.5 Å². The monoisotopic (exact) mass is 776 g/mol. The van der Waals surface area contributed by atoms with Crippen molar-refractivity contribution in [2.24, 2.45) is 5.73 Å². The normalized spacial score (nSPS) is 14.4. The highest BCUT2D eigenvalue weighted by atomic mass is 31.2. The fourth-order valence-corrected chi connectivity index (χ4v) is 6.21. The summed E-state index contributed by atoms with van der Waals surface area (Å²) in [5.74, 6) is -0.388. The van der Waals surface area contributed by atoms with Crippen molar-refractivity contribution in [3.8, 4) is 0 Å². The van der Waals surface area contributed by atoms with Gasteiger partial charge in [0.05, 0.1) is 13.2 Å². The molecule has 0 aliphatic heterocycles. The lowest BCUT2D eigenvalue weighted by Crippen LogP contribution is -2.23. The molecule has 0 aromatic carbocycles. The van der Waals surface area contributed by atoms with Crippen molar-refractivity contribution in [2.45, 2.75) is 167 Å². The summed E-state index contributed by atoms with van der Waals surface area (Å²) in [6, 6.07) is 0. The molecular formula is C45H78NO7P. The third-order valence-electron chi connectivity index (χ3n) is 8.53. The second-order valence-electron chi connectivity index (χ2n) is 13.7. The van der Waals surface area contributed by atoms with Gasteiger partial charge >= 0.3 is 13.8 Å². The number of phosphoric ester groups is 1. The minimum absolute atomic E-state index is 0.0719. The first-order valence-corrected chi connectivity index (χ1v) is 22.6. The zero-order valence-electron chi connectivity index (χ0n) is 33.9. The number of esters is 1. The Morgan fingerprint density at radius 2 is 0.926 bits per heavy atom. The fourth-order valence-electron chi connectivity index (χ4n) is 5.44. The standard InChI is InChI=1S/C45H78NO7P/c1-2-3-4-5-6-7-8-9-10-11-12-13-14-15-16-17-18-19-20-21-22-23-24-25-26-27-28-29-30-31-32-33-34-35-36-37-38-39-45(48)51-42-44(47)43-53-54(49,50)52-41-40-46/h3-4,6-7,9-10,12-13,15-16,18-19,21-22,44,47H,2,5,8,11,14,17,20,23-43,46H2,1H3,(H,49,50)/b4-3-,7-6-,10-9-,13-12-,16-15-,19-18-,22-21-. The van der Waals surface area contributed by atoms with Gasteiger partial charge < -0.3 is 20.5 Å². The van der Waals surface area contributed by atoms with Crippen LogP contribution in [0.3, 0.4) is 0 Å². The van der Waals surface area contributed by atoms with E-state index in [4.69, 9.17) is 10.5 Å². The molecule has 0 saturated heterocycles. The van der Waals surface area contributed by atoms with Crippen LogP contribution < -0.4 is 5.73 Å². The number of carbonyl (C=O) groups is 1. The summed E-state index contributed by atoms with van der Waals surface area (Å²) in [6.45, 7) is 1.34. The predicted molar refractivity (Wildman–Crippen MR) is 228 cm³/mol. The average Bonchev–Trinajstić information content (AvgIpc) is 3.16. The van der Waals surface area contributed by atoms with Gasteiger partial charge in [-0.15, -0.1) is 0 Å². The molecule has 0 saturated carbocycles. The van der Waals surface area contributed by atoms with Crippen LogP contribution in [0, 0.1) is 0 Å². The van der Waals surface area contributed by atoms with E-state index in [-0.39, 0.29) is 25.7 Å². The largest absolute Gasteiger partial charge is 0.472 e. The number of allylic oxidation sites excluding steroid dienone is 14. The van der Waals surface area contributed by atoms with Crippen LogP contribution in [-0.4, -0.2) is 48.4 Å². The maximum absolute atomic E-state index is 11.8. The van der Waals surface area contributed by atoms with Gasteiger partial charge in [0, 0.05) is 13.0 Å². The molecule has 0 fully saturated rings. The Bertz CT molecular complexity index is 1100. The Hall–Kier alpha value is -2.32. The Labute approximate surface area is 330 Å². The van der Waals surface area contributed by atoms with Crippen LogP contribution in [0.5, 0.6) is 0 Å². The average molecular weight is 776 g/mol. The van der Waals surface area contributed by atoms with Crippen molar-refractivity contribution >= 4 is 13.8 Å². The lowest BCUT2D eigenvalue weighted by atomic mass is 10.0. The molecular weight excluding hydrogens is 697 g/mol. The third kappa shape index (κ3) is 42.4. The maximum atomic E-state index is 11.8. The minimum atomic E-state index is -4.26. The van der Waals surface area contributed by atoms with Gasteiger partial charge in [-0.2, -0.15) is 0 Å². The number of aliphatic hydroxyl groups excluding tert-OH is 1. The lowest BCUT2D eigenvalue weighted by molar-refractivity contribution is -0.147. The highest BCUT2D eigenvalue weighted by Crippen LogP contribution is 2.42. The molecule has 4 N–H and O–H groups in total. The summed E-state index contributed by atoms with van der Waals surface area (Å²) in [5, 5.41) is 9.77. The fraction of sp³-hybridized carbons (Fsp3) is 0.667. The maximum Gasteiger partial charge on any atom is 0.472 e. The zero-order valence-corrected chi connectivity index (χ0v) is 34.8. The van der Waals surface area contributed by atoms with Gasteiger partial charge in [0.15, 0.2) is 0 Å². The smallest absolute Gasteiger partial charge is 0.463 e. The summed E-state index contributed by atoms with van der Waals surface area (Å²) < 4.78 is 25.7. The molecule has 310 valence electrons. The molecule has 2 atom stereocenters. The van der Waals surface area contributed by atoms with Gasteiger partial charge in [-0.1, -0.05) is 175 Å². The number of carbonyl (C=O) groups excluding carboxylic acids is 1. The van der Waals surface area contributed by atoms with Crippen LogP contribution >= 0.6 is 7.82 Å².